The van der Waals surface area contributed by atoms with Crippen molar-refractivity contribution in [3.05, 3.63) is 51.1 Å². The number of ether oxygens (including phenoxy) is 1. The highest BCUT2D eigenvalue weighted by Crippen LogP contribution is 2.33. The van der Waals surface area contributed by atoms with E-state index in [0.29, 0.717) is 23.4 Å². The standard InChI is InChI=1S/C18H21IN2O3/c1-3-13(22)10-24-16-6-4-5-14(18(20)23)17(16)21-15-8-7-12(19)9-11(15)2/h4-9,13,21-22H,3,10H2,1-2H3,(H2,20,23). The number of halogens is 1. The number of carbonyl (C=O) groups is 1. The fraction of sp³-hybridized carbons (Fsp3) is 0.278. The van der Waals surface area contributed by atoms with Crippen LogP contribution in [0.15, 0.2) is 36.4 Å². The first-order valence-electron chi connectivity index (χ1n) is 7.69. The zero-order valence-electron chi connectivity index (χ0n) is 13.7. The van der Waals surface area contributed by atoms with Gasteiger partial charge in [0.25, 0.3) is 5.91 Å². The summed E-state index contributed by atoms with van der Waals surface area (Å²) in [7, 11) is 0. The molecular formula is C18H21IN2O3. The maximum absolute atomic E-state index is 11.8. The molecule has 0 aromatic heterocycles. The van der Waals surface area contributed by atoms with Crippen LogP contribution in [0.1, 0.15) is 29.3 Å². The molecule has 0 aliphatic rings. The SMILES string of the molecule is CCC(O)COc1cccc(C(N)=O)c1Nc1ccc(I)cc1C. The number of aliphatic hydroxyl groups excluding tert-OH is 1. The van der Waals surface area contributed by atoms with E-state index in [0.717, 1.165) is 14.8 Å². The summed E-state index contributed by atoms with van der Waals surface area (Å²) in [6, 6.07) is 11.1. The topological polar surface area (TPSA) is 84.6 Å². The largest absolute Gasteiger partial charge is 0.489 e. The Morgan fingerprint density at radius 2 is 2.12 bits per heavy atom. The number of nitrogens with one attached hydrogen (secondary N) is 1. The number of hydrogen-bond donors (Lipinski definition) is 3. The Kier molecular flexibility index (Phi) is 6.44. The number of amides is 1. The van der Waals surface area contributed by atoms with Crippen LogP contribution in [-0.2, 0) is 0 Å². The predicted octanol–water partition coefficient (Wildman–Crippen LogP) is 3.59. The maximum Gasteiger partial charge on any atom is 0.250 e. The number of carbonyl (C=O) groups excluding carboxylic acids is 1. The van der Waals surface area contributed by atoms with E-state index in [-0.39, 0.29) is 6.61 Å². The Hall–Kier alpha value is -1.80. The summed E-state index contributed by atoms with van der Waals surface area (Å²) in [5, 5.41) is 13.0. The summed E-state index contributed by atoms with van der Waals surface area (Å²) in [5.74, 6) is -0.0566. The molecule has 6 heteroatoms. The summed E-state index contributed by atoms with van der Waals surface area (Å²) < 4.78 is 6.82. The van der Waals surface area contributed by atoms with Crippen molar-refractivity contribution in [2.24, 2.45) is 5.73 Å². The van der Waals surface area contributed by atoms with Crippen LogP contribution in [0.4, 0.5) is 11.4 Å². The zero-order chi connectivity index (χ0) is 17.7. The van der Waals surface area contributed by atoms with E-state index in [2.05, 4.69) is 27.9 Å². The molecule has 0 aliphatic carbocycles. The Morgan fingerprint density at radius 1 is 1.38 bits per heavy atom. The summed E-state index contributed by atoms with van der Waals surface area (Å²) in [4.78, 5) is 11.8. The van der Waals surface area contributed by atoms with Gasteiger partial charge in [0.05, 0.1) is 17.4 Å². The van der Waals surface area contributed by atoms with E-state index in [4.69, 9.17) is 10.5 Å². The molecule has 2 aromatic carbocycles. The van der Waals surface area contributed by atoms with Gasteiger partial charge in [0.1, 0.15) is 12.4 Å². The Labute approximate surface area is 155 Å². The lowest BCUT2D eigenvalue weighted by Crippen LogP contribution is -2.18. The molecule has 24 heavy (non-hydrogen) atoms. The Morgan fingerprint density at radius 3 is 2.75 bits per heavy atom. The quantitative estimate of drug-likeness (QED) is 0.575. The van der Waals surface area contributed by atoms with Crippen LogP contribution in [0.25, 0.3) is 0 Å². The van der Waals surface area contributed by atoms with Gasteiger partial charge < -0.3 is 20.9 Å². The highest BCUT2D eigenvalue weighted by molar-refractivity contribution is 14.1. The lowest BCUT2D eigenvalue weighted by Gasteiger charge is -2.18. The van der Waals surface area contributed by atoms with Crippen LogP contribution in [0.5, 0.6) is 5.75 Å². The first-order valence-corrected chi connectivity index (χ1v) is 8.77. The van der Waals surface area contributed by atoms with E-state index in [1.807, 2.05) is 32.0 Å². The fourth-order valence-corrected chi connectivity index (χ4v) is 2.84. The molecule has 0 heterocycles. The third kappa shape index (κ3) is 4.61. The van der Waals surface area contributed by atoms with Gasteiger partial charge in [-0.15, -0.1) is 0 Å². The van der Waals surface area contributed by atoms with E-state index in [9.17, 15) is 9.90 Å². The summed E-state index contributed by atoms with van der Waals surface area (Å²) in [6.07, 6.45) is 0.0317. The molecule has 2 rings (SSSR count). The monoisotopic (exact) mass is 440 g/mol. The average molecular weight is 440 g/mol. The number of anilines is 2. The van der Waals surface area contributed by atoms with Crippen LogP contribution < -0.4 is 15.8 Å². The van der Waals surface area contributed by atoms with Crippen molar-refractivity contribution in [3.8, 4) is 5.75 Å². The lowest BCUT2D eigenvalue weighted by atomic mass is 10.1. The van der Waals surface area contributed by atoms with Crippen molar-refractivity contribution >= 4 is 39.9 Å². The Bertz CT molecular complexity index is 734. The molecule has 4 N–H and O–H groups in total. The molecule has 1 atom stereocenters. The molecule has 0 saturated carbocycles. The molecule has 0 radical (unpaired) electrons. The highest BCUT2D eigenvalue weighted by Gasteiger charge is 2.16. The van der Waals surface area contributed by atoms with Crippen molar-refractivity contribution in [3.63, 3.8) is 0 Å². The lowest BCUT2D eigenvalue weighted by molar-refractivity contribution is 0.0998. The normalized spacial score (nSPS) is 11.8. The number of aliphatic hydroxyl groups is 1. The first-order chi connectivity index (χ1) is 11.4. The second-order valence-corrected chi connectivity index (χ2v) is 6.75. The van der Waals surface area contributed by atoms with Crippen molar-refractivity contribution in [1.29, 1.82) is 0 Å². The highest BCUT2D eigenvalue weighted by atomic mass is 127. The number of aryl methyl sites for hydroxylation is 1. The van der Waals surface area contributed by atoms with Gasteiger partial charge in [-0.05, 0) is 71.8 Å². The van der Waals surface area contributed by atoms with Crippen LogP contribution in [0.3, 0.4) is 0 Å². The third-order valence-corrected chi connectivity index (χ3v) is 4.31. The molecular weight excluding hydrogens is 419 g/mol. The third-order valence-electron chi connectivity index (χ3n) is 3.64. The molecule has 1 unspecified atom stereocenters. The molecule has 0 saturated heterocycles. The second-order valence-electron chi connectivity index (χ2n) is 5.50. The summed E-state index contributed by atoms with van der Waals surface area (Å²) >= 11 is 2.25. The molecule has 0 aliphatic heterocycles. The number of nitrogens with two attached hydrogens (primary N) is 1. The van der Waals surface area contributed by atoms with E-state index < -0.39 is 12.0 Å². The molecule has 128 valence electrons. The maximum atomic E-state index is 11.8. The van der Waals surface area contributed by atoms with E-state index in [1.54, 1.807) is 18.2 Å². The van der Waals surface area contributed by atoms with Crippen molar-refractivity contribution in [2.75, 3.05) is 11.9 Å². The molecule has 1 amide bonds. The van der Waals surface area contributed by atoms with Gasteiger partial charge in [-0.25, -0.2) is 0 Å². The van der Waals surface area contributed by atoms with Crippen LogP contribution in [-0.4, -0.2) is 23.7 Å². The molecule has 2 aromatic rings. The molecule has 5 nitrogen and oxygen atoms in total. The zero-order valence-corrected chi connectivity index (χ0v) is 15.8. The number of benzene rings is 2. The van der Waals surface area contributed by atoms with Gasteiger partial charge in [-0.1, -0.05) is 13.0 Å². The Balaban J connectivity index is 2.39. The number of hydrogen-bond acceptors (Lipinski definition) is 4. The minimum atomic E-state index is -0.560. The molecule has 0 bridgehead atoms. The molecule has 0 fully saturated rings. The predicted molar refractivity (Wildman–Crippen MR) is 104 cm³/mol. The van der Waals surface area contributed by atoms with Crippen LogP contribution >= 0.6 is 22.6 Å². The van der Waals surface area contributed by atoms with Gasteiger partial charge in [-0.3, -0.25) is 4.79 Å². The molecule has 0 spiro atoms. The van der Waals surface area contributed by atoms with Crippen LogP contribution in [0.2, 0.25) is 0 Å². The minimum Gasteiger partial charge on any atom is -0.489 e. The van der Waals surface area contributed by atoms with E-state index in [1.165, 1.54) is 0 Å². The van der Waals surface area contributed by atoms with Crippen molar-refractivity contribution in [1.82, 2.24) is 0 Å². The first kappa shape index (κ1) is 18.5. The van der Waals surface area contributed by atoms with Crippen molar-refractivity contribution in [2.45, 2.75) is 26.4 Å². The van der Waals surface area contributed by atoms with Crippen molar-refractivity contribution < 1.29 is 14.6 Å². The fourth-order valence-electron chi connectivity index (χ4n) is 2.19. The van der Waals surface area contributed by atoms with Gasteiger partial charge in [0.2, 0.25) is 0 Å². The average Bonchev–Trinajstić information content (AvgIpc) is 2.55. The smallest absolute Gasteiger partial charge is 0.250 e. The second kappa shape index (κ2) is 8.34. The van der Waals surface area contributed by atoms with Gasteiger partial charge in [0, 0.05) is 9.26 Å². The minimum absolute atomic E-state index is 0.152. The van der Waals surface area contributed by atoms with Crippen LogP contribution in [0, 0.1) is 10.5 Å². The summed E-state index contributed by atoms with van der Waals surface area (Å²) in [6.45, 7) is 4.01. The van der Waals surface area contributed by atoms with Gasteiger partial charge in [0.15, 0.2) is 0 Å². The van der Waals surface area contributed by atoms with E-state index >= 15 is 0 Å². The van der Waals surface area contributed by atoms with Gasteiger partial charge in [-0.2, -0.15) is 0 Å². The summed E-state index contributed by atoms with van der Waals surface area (Å²) in [5.41, 5.74) is 8.26. The number of rotatable bonds is 7. The number of para-hydroxylation sites is 1. The number of primary amides is 1. The van der Waals surface area contributed by atoms with Gasteiger partial charge >= 0.3 is 0 Å².